The summed E-state index contributed by atoms with van der Waals surface area (Å²) in [5.74, 6) is 0. The van der Waals surface area contributed by atoms with Gasteiger partial charge in [-0.05, 0) is 27.6 Å². The van der Waals surface area contributed by atoms with Crippen LogP contribution in [0.4, 0.5) is 26.3 Å². The predicted octanol–water partition coefficient (Wildman–Crippen LogP) is 5.38. The smallest absolute Gasteiger partial charge is 0.166 e. The first-order chi connectivity index (χ1) is 7.59. The first-order valence-corrected chi connectivity index (χ1v) is 6.02. The molecule has 1 aromatic carbocycles. The number of hydrogen-bond acceptors (Lipinski definition) is 0. The van der Waals surface area contributed by atoms with Crippen molar-refractivity contribution in [1.82, 2.24) is 0 Å². The summed E-state index contributed by atoms with van der Waals surface area (Å²) in [6.07, 6.45) is -10.1. The minimum absolute atomic E-state index is 0.0226. The van der Waals surface area contributed by atoms with Crippen LogP contribution < -0.4 is 0 Å². The van der Waals surface area contributed by atoms with E-state index in [-0.39, 0.29) is 10.9 Å². The van der Waals surface area contributed by atoms with Crippen LogP contribution in [0.1, 0.15) is 16.7 Å². The Bertz CT molecular complexity index is 421. The molecule has 8 heteroatoms. The van der Waals surface area contributed by atoms with Crippen molar-refractivity contribution in [2.75, 3.05) is 0 Å². The van der Waals surface area contributed by atoms with Gasteiger partial charge in [-0.15, -0.1) is 0 Å². The van der Waals surface area contributed by atoms with Crippen molar-refractivity contribution in [3.05, 3.63) is 33.3 Å². The van der Waals surface area contributed by atoms with Crippen molar-refractivity contribution in [2.24, 2.45) is 0 Å². The number of hydrogen-bond donors (Lipinski definition) is 0. The summed E-state index contributed by atoms with van der Waals surface area (Å²) in [5.41, 5.74) is -3.28. The van der Waals surface area contributed by atoms with E-state index in [1.54, 1.807) is 0 Å². The number of alkyl halides is 7. The second kappa shape index (κ2) is 4.79. The van der Waals surface area contributed by atoms with E-state index in [1.807, 2.05) is 0 Å². The Morgan fingerprint density at radius 1 is 0.941 bits per heavy atom. The molecule has 0 aliphatic heterocycles. The van der Waals surface area contributed by atoms with E-state index in [0.717, 1.165) is 6.07 Å². The van der Waals surface area contributed by atoms with E-state index < -0.39 is 28.0 Å². The Morgan fingerprint density at radius 3 is 1.82 bits per heavy atom. The second-order valence-corrected chi connectivity index (χ2v) is 4.44. The normalized spacial score (nSPS) is 12.9. The Morgan fingerprint density at radius 2 is 1.47 bits per heavy atom. The van der Waals surface area contributed by atoms with Crippen molar-refractivity contribution in [1.29, 1.82) is 0 Å². The molecule has 1 aromatic rings. The molecule has 0 bridgehead atoms. The van der Waals surface area contributed by atoms with Crippen molar-refractivity contribution in [3.63, 3.8) is 0 Å². The van der Waals surface area contributed by atoms with Crippen molar-refractivity contribution in [2.45, 2.75) is 17.7 Å². The summed E-state index contributed by atoms with van der Waals surface area (Å²) < 4.78 is 74.6. The lowest BCUT2D eigenvalue weighted by Crippen LogP contribution is -2.18. The lowest BCUT2D eigenvalue weighted by molar-refractivity contribution is -0.162. The minimum Gasteiger partial charge on any atom is -0.166 e. The third-order valence-corrected chi connectivity index (χ3v) is 3.46. The fourth-order valence-electron chi connectivity index (χ4n) is 1.24. The van der Waals surface area contributed by atoms with Crippen LogP contribution in [0.25, 0.3) is 0 Å². The quantitative estimate of drug-likeness (QED) is 0.449. The summed E-state index contributed by atoms with van der Waals surface area (Å²) in [5, 5.41) is 0.0226. The van der Waals surface area contributed by atoms with Crippen LogP contribution in [0.2, 0.25) is 0 Å². The molecular formula is C9H4Br2F6. The number of rotatable bonds is 1. The molecule has 96 valence electrons. The molecule has 0 atom stereocenters. The minimum atomic E-state index is -5.07. The van der Waals surface area contributed by atoms with Gasteiger partial charge in [-0.25, -0.2) is 0 Å². The highest BCUT2D eigenvalue weighted by atomic mass is 79.9. The third-order valence-electron chi connectivity index (χ3n) is 1.95. The fraction of sp³-hybridized carbons (Fsp3) is 0.333. The Kier molecular flexibility index (Phi) is 4.18. The standard InChI is InChI=1S/C9H4Br2F6/c10-3-4-1-2-5(8(12,13)14)6(7(4)11)9(15,16)17/h1-2H,3H2. The Balaban J connectivity index is 3.59. The average molecular weight is 386 g/mol. The molecule has 0 fully saturated rings. The van der Waals surface area contributed by atoms with Gasteiger partial charge in [-0.3, -0.25) is 0 Å². The van der Waals surface area contributed by atoms with Crippen LogP contribution in [0.3, 0.4) is 0 Å². The van der Waals surface area contributed by atoms with Gasteiger partial charge in [-0.2, -0.15) is 26.3 Å². The zero-order valence-electron chi connectivity index (χ0n) is 7.89. The Labute approximate surface area is 109 Å². The fourth-order valence-corrected chi connectivity index (χ4v) is 2.79. The van der Waals surface area contributed by atoms with Gasteiger partial charge in [0.15, 0.2) is 0 Å². The van der Waals surface area contributed by atoms with E-state index >= 15 is 0 Å². The third kappa shape index (κ3) is 3.15. The van der Waals surface area contributed by atoms with Crippen molar-refractivity contribution < 1.29 is 26.3 Å². The molecule has 1 rings (SSSR count). The van der Waals surface area contributed by atoms with Crippen LogP contribution in [0, 0.1) is 0 Å². The monoisotopic (exact) mass is 384 g/mol. The zero-order valence-corrected chi connectivity index (χ0v) is 11.1. The lowest BCUT2D eigenvalue weighted by atomic mass is 10.0. The van der Waals surface area contributed by atoms with Gasteiger partial charge in [0.25, 0.3) is 0 Å². The highest BCUT2D eigenvalue weighted by Gasteiger charge is 2.44. The molecule has 0 unspecified atom stereocenters. The first kappa shape index (κ1) is 14.8. The van der Waals surface area contributed by atoms with E-state index in [9.17, 15) is 26.3 Å². The van der Waals surface area contributed by atoms with Gasteiger partial charge in [0.1, 0.15) is 0 Å². The summed E-state index contributed by atoms with van der Waals surface area (Å²) in [4.78, 5) is 0. The molecular weight excluding hydrogens is 382 g/mol. The molecule has 0 aliphatic carbocycles. The highest BCUT2D eigenvalue weighted by Crippen LogP contribution is 2.45. The van der Waals surface area contributed by atoms with Crippen molar-refractivity contribution >= 4 is 31.9 Å². The number of halogens is 8. The molecule has 0 aliphatic rings. The molecule has 0 amide bonds. The maximum Gasteiger partial charge on any atom is 0.418 e. The van der Waals surface area contributed by atoms with Gasteiger partial charge in [0.05, 0.1) is 11.1 Å². The Hall–Kier alpha value is -0.240. The van der Waals surface area contributed by atoms with Crippen LogP contribution in [-0.4, -0.2) is 0 Å². The number of benzene rings is 1. The van der Waals surface area contributed by atoms with Crippen LogP contribution >= 0.6 is 31.9 Å². The molecule has 0 saturated carbocycles. The molecule has 0 nitrogen and oxygen atoms in total. The average Bonchev–Trinajstić information content (AvgIpc) is 2.13. The largest absolute Gasteiger partial charge is 0.418 e. The zero-order chi connectivity index (χ0) is 13.4. The highest BCUT2D eigenvalue weighted by molar-refractivity contribution is 9.10. The summed E-state index contributed by atoms with van der Waals surface area (Å²) in [6.45, 7) is 0. The summed E-state index contributed by atoms with van der Waals surface area (Å²) in [6, 6.07) is 1.43. The van der Waals surface area contributed by atoms with Gasteiger partial charge in [0.2, 0.25) is 0 Å². The molecule has 0 radical (unpaired) electrons. The van der Waals surface area contributed by atoms with Crippen LogP contribution in [0.5, 0.6) is 0 Å². The van der Waals surface area contributed by atoms with E-state index in [4.69, 9.17) is 0 Å². The summed E-state index contributed by atoms with van der Waals surface area (Å²) >= 11 is 5.48. The molecule has 0 aromatic heterocycles. The maximum atomic E-state index is 12.6. The van der Waals surface area contributed by atoms with E-state index in [1.165, 1.54) is 0 Å². The molecule has 17 heavy (non-hydrogen) atoms. The first-order valence-electron chi connectivity index (χ1n) is 4.10. The van der Waals surface area contributed by atoms with E-state index in [0.29, 0.717) is 6.07 Å². The van der Waals surface area contributed by atoms with Gasteiger partial charge in [-0.1, -0.05) is 22.0 Å². The second-order valence-electron chi connectivity index (χ2n) is 3.09. The maximum absolute atomic E-state index is 12.6. The SMILES string of the molecule is FC(F)(F)c1ccc(CBr)c(Br)c1C(F)(F)F. The lowest BCUT2D eigenvalue weighted by Gasteiger charge is -2.18. The molecule has 0 N–H and O–H groups in total. The van der Waals surface area contributed by atoms with Crippen molar-refractivity contribution in [3.8, 4) is 0 Å². The van der Waals surface area contributed by atoms with Gasteiger partial charge < -0.3 is 0 Å². The predicted molar refractivity (Wildman–Crippen MR) is 56.8 cm³/mol. The van der Waals surface area contributed by atoms with E-state index in [2.05, 4.69) is 31.9 Å². The van der Waals surface area contributed by atoms with Crippen LogP contribution in [0.15, 0.2) is 16.6 Å². The molecule has 0 heterocycles. The molecule has 0 saturated heterocycles. The van der Waals surface area contributed by atoms with Gasteiger partial charge in [0, 0.05) is 9.80 Å². The van der Waals surface area contributed by atoms with Crippen LogP contribution in [-0.2, 0) is 17.7 Å². The van der Waals surface area contributed by atoms with Gasteiger partial charge >= 0.3 is 12.4 Å². The topological polar surface area (TPSA) is 0 Å². The summed E-state index contributed by atoms with van der Waals surface area (Å²) in [7, 11) is 0. The molecule has 0 spiro atoms.